The SMILES string of the molecule is C(#CC1C=CC=C1)c1ccc(C#CC2C=CC=C2)c2nsnc12. The van der Waals surface area contributed by atoms with Crippen molar-refractivity contribution in [3.8, 4) is 23.7 Å². The zero-order valence-electron chi connectivity index (χ0n) is 12.2. The molecule has 2 nitrogen and oxygen atoms in total. The molecule has 2 aliphatic carbocycles. The highest BCUT2D eigenvalue weighted by Gasteiger charge is 2.08. The smallest absolute Gasteiger partial charge is 0.121 e. The monoisotopic (exact) mass is 312 g/mol. The number of aromatic nitrogens is 2. The fourth-order valence-electron chi connectivity index (χ4n) is 2.45. The van der Waals surface area contributed by atoms with Crippen molar-refractivity contribution in [2.24, 2.45) is 11.8 Å². The summed E-state index contributed by atoms with van der Waals surface area (Å²) in [7, 11) is 0. The number of benzene rings is 1. The Morgan fingerprint density at radius 1 is 0.696 bits per heavy atom. The summed E-state index contributed by atoms with van der Waals surface area (Å²) in [4.78, 5) is 0. The van der Waals surface area contributed by atoms with Crippen LogP contribution < -0.4 is 0 Å². The van der Waals surface area contributed by atoms with Gasteiger partial charge in [0.1, 0.15) is 11.0 Å². The number of allylic oxidation sites excluding steroid dienone is 8. The third kappa shape index (κ3) is 2.88. The molecule has 0 atom stereocenters. The highest BCUT2D eigenvalue weighted by atomic mass is 32.1. The molecule has 1 heterocycles. The molecule has 4 rings (SSSR count). The quantitative estimate of drug-likeness (QED) is 0.690. The number of hydrogen-bond acceptors (Lipinski definition) is 3. The van der Waals surface area contributed by atoms with Gasteiger partial charge in [-0.15, -0.1) is 0 Å². The molecule has 0 radical (unpaired) electrons. The Balaban J connectivity index is 1.70. The standard InChI is InChI=1S/C20H12N2S/c1-2-6-15(5-1)9-11-17-13-14-18(20-19(17)21-23-22-20)12-10-16-7-3-4-8-16/h1-8,13-16H. The maximum absolute atomic E-state index is 4.40. The highest BCUT2D eigenvalue weighted by molar-refractivity contribution is 7.00. The van der Waals surface area contributed by atoms with Gasteiger partial charge in [-0.1, -0.05) is 72.3 Å². The van der Waals surface area contributed by atoms with Gasteiger partial charge in [-0.25, -0.2) is 0 Å². The lowest BCUT2D eigenvalue weighted by molar-refractivity contribution is 1.15. The van der Waals surface area contributed by atoms with Gasteiger partial charge in [-0.2, -0.15) is 8.75 Å². The summed E-state index contributed by atoms with van der Waals surface area (Å²) in [5.41, 5.74) is 3.51. The molecule has 23 heavy (non-hydrogen) atoms. The molecule has 0 saturated carbocycles. The third-order valence-corrected chi connectivity index (χ3v) is 4.19. The van der Waals surface area contributed by atoms with Crippen molar-refractivity contribution in [2.45, 2.75) is 0 Å². The van der Waals surface area contributed by atoms with Crippen molar-refractivity contribution >= 4 is 22.8 Å². The van der Waals surface area contributed by atoms with Gasteiger partial charge in [0.25, 0.3) is 0 Å². The van der Waals surface area contributed by atoms with Crippen LogP contribution in [0.1, 0.15) is 11.1 Å². The summed E-state index contributed by atoms with van der Waals surface area (Å²) in [5.74, 6) is 13.3. The van der Waals surface area contributed by atoms with E-state index in [1.165, 1.54) is 11.7 Å². The summed E-state index contributed by atoms with van der Waals surface area (Å²) in [6.45, 7) is 0. The van der Waals surface area contributed by atoms with Crippen molar-refractivity contribution < 1.29 is 0 Å². The first-order valence-electron chi connectivity index (χ1n) is 7.38. The van der Waals surface area contributed by atoms with Crippen LogP contribution in [0.4, 0.5) is 0 Å². The molecule has 2 aromatic rings. The van der Waals surface area contributed by atoms with Crippen molar-refractivity contribution in [1.82, 2.24) is 8.75 Å². The van der Waals surface area contributed by atoms with E-state index in [1.54, 1.807) is 0 Å². The Hall–Kier alpha value is -2.88. The molecule has 0 unspecified atom stereocenters. The van der Waals surface area contributed by atoms with Crippen LogP contribution >= 0.6 is 11.7 Å². The van der Waals surface area contributed by atoms with Crippen LogP contribution in [-0.4, -0.2) is 8.75 Å². The molecule has 1 aromatic heterocycles. The molecule has 0 fully saturated rings. The summed E-state index contributed by atoms with van der Waals surface area (Å²) in [6, 6.07) is 3.98. The molecule has 1 aromatic carbocycles. The normalized spacial score (nSPS) is 15.8. The number of hydrogen-bond donors (Lipinski definition) is 0. The zero-order chi connectivity index (χ0) is 15.5. The Morgan fingerprint density at radius 3 is 1.57 bits per heavy atom. The molecular weight excluding hydrogens is 300 g/mol. The van der Waals surface area contributed by atoms with Crippen LogP contribution in [0, 0.1) is 35.5 Å². The lowest BCUT2D eigenvalue weighted by atomic mass is 10.1. The van der Waals surface area contributed by atoms with Crippen molar-refractivity contribution in [2.75, 3.05) is 0 Å². The largest absolute Gasteiger partial charge is 0.172 e. The van der Waals surface area contributed by atoms with E-state index in [4.69, 9.17) is 0 Å². The second-order valence-corrected chi connectivity index (χ2v) is 5.78. The predicted molar refractivity (Wildman–Crippen MR) is 94.7 cm³/mol. The van der Waals surface area contributed by atoms with Crippen LogP contribution in [0.2, 0.25) is 0 Å². The minimum Gasteiger partial charge on any atom is -0.172 e. The van der Waals surface area contributed by atoms with E-state index in [0.717, 1.165) is 22.2 Å². The van der Waals surface area contributed by atoms with Crippen molar-refractivity contribution in [3.63, 3.8) is 0 Å². The van der Waals surface area contributed by atoms with E-state index in [0.29, 0.717) is 0 Å². The summed E-state index contributed by atoms with van der Waals surface area (Å²) in [5, 5.41) is 0. The van der Waals surface area contributed by atoms with E-state index in [9.17, 15) is 0 Å². The van der Waals surface area contributed by atoms with Crippen LogP contribution in [0.5, 0.6) is 0 Å². The molecule has 2 aliphatic rings. The van der Waals surface area contributed by atoms with Crippen molar-refractivity contribution in [3.05, 3.63) is 71.9 Å². The van der Waals surface area contributed by atoms with Gasteiger partial charge in [0, 0.05) is 0 Å². The maximum Gasteiger partial charge on any atom is 0.121 e. The van der Waals surface area contributed by atoms with E-state index in [1.807, 2.05) is 36.4 Å². The van der Waals surface area contributed by atoms with E-state index in [2.05, 4.69) is 56.7 Å². The Bertz CT molecular complexity index is 893. The molecule has 0 saturated heterocycles. The Kier molecular flexibility index (Phi) is 3.64. The molecule has 0 bridgehead atoms. The number of nitrogens with zero attached hydrogens (tertiary/aromatic N) is 2. The lowest BCUT2D eigenvalue weighted by Gasteiger charge is -1.97. The second-order valence-electron chi connectivity index (χ2n) is 5.25. The average Bonchev–Trinajstić information content (AvgIpc) is 3.33. The highest BCUT2D eigenvalue weighted by Crippen LogP contribution is 2.21. The van der Waals surface area contributed by atoms with Crippen LogP contribution in [0.25, 0.3) is 11.0 Å². The summed E-state index contributed by atoms with van der Waals surface area (Å²) >= 11 is 1.21. The first-order valence-corrected chi connectivity index (χ1v) is 8.11. The van der Waals surface area contributed by atoms with Crippen LogP contribution in [0.3, 0.4) is 0 Å². The fourth-order valence-corrected chi connectivity index (χ4v) is 3.02. The lowest BCUT2D eigenvalue weighted by Crippen LogP contribution is -1.87. The minimum atomic E-state index is 0.192. The van der Waals surface area contributed by atoms with Gasteiger partial charge < -0.3 is 0 Å². The molecule has 108 valence electrons. The van der Waals surface area contributed by atoms with Gasteiger partial charge in [0.15, 0.2) is 0 Å². The van der Waals surface area contributed by atoms with Crippen LogP contribution in [0.15, 0.2) is 60.7 Å². The molecule has 0 N–H and O–H groups in total. The predicted octanol–water partition coefficient (Wildman–Crippen LogP) is 3.88. The molecule has 0 spiro atoms. The molecular formula is C20H12N2S. The van der Waals surface area contributed by atoms with Gasteiger partial charge in [-0.05, 0) is 12.1 Å². The van der Waals surface area contributed by atoms with E-state index < -0.39 is 0 Å². The minimum absolute atomic E-state index is 0.192. The summed E-state index contributed by atoms with van der Waals surface area (Å²) < 4.78 is 8.80. The first-order chi connectivity index (χ1) is 11.4. The zero-order valence-corrected chi connectivity index (χ0v) is 13.0. The van der Waals surface area contributed by atoms with E-state index >= 15 is 0 Å². The molecule has 0 aliphatic heterocycles. The number of fused-ring (bicyclic) bond motifs is 1. The summed E-state index contributed by atoms with van der Waals surface area (Å²) in [6.07, 6.45) is 16.4. The van der Waals surface area contributed by atoms with Gasteiger partial charge >= 0.3 is 0 Å². The number of rotatable bonds is 0. The average molecular weight is 312 g/mol. The van der Waals surface area contributed by atoms with Crippen LogP contribution in [-0.2, 0) is 0 Å². The van der Waals surface area contributed by atoms with Gasteiger partial charge in [0.05, 0.1) is 34.7 Å². The van der Waals surface area contributed by atoms with Crippen molar-refractivity contribution in [1.29, 1.82) is 0 Å². The third-order valence-electron chi connectivity index (χ3n) is 3.66. The van der Waals surface area contributed by atoms with Gasteiger partial charge in [-0.3, -0.25) is 0 Å². The molecule has 3 heteroatoms. The Labute approximate surface area is 139 Å². The second kappa shape index (κ2) is 6.08. The van der Waals surface area contributed by atoms with E-state index in [-0.39, 0.29) is 11.8 Å². The topological polar surface area (TPSA) is 25.8 Å². The Morgan fingerprint density at radius 2 is 1.13 bits per heavy atom. The van der Waals surface area contributed by atoms with Gasteiger partial charge in [0.2, 0.25) is 0 Å². The maximum atomic E-state index is 4.40. The first kappa shape index (κ1) is 13.8. The molecule has 0 amide bonds. The fraction of sp³-hybridized carbons (Fsp3) is 0.100.